The zero-order valence-corrected chi connectivity index (χ0v) is 11.0. The van der Waals surface area contributed by atoms with Crippen molar-refractivity contribution in [3.8, 4) is 0 Å². The summed E-state index contributed by atoms with van der Waals surface area (Å²) in [6.45, 7) is 2.21. The van der Waals surface area contributed by atoms with Gasteiger partial charge in [-0.2, -0.15) is 12.6 Å². The smallest absolute Gasteiger partial charge is 0.0558 e. The molecule has 0 bridgehead atoms. The predicted molar refractivity (Wildman–Crippen MR) is 70.8 cm³/mol. The molecular formula is C12H27NOS. The lowest BCUT2D eigenvalue weighted by atomic mass is 10.1. The minimum atomic E-state index is 0.278. The van der Waals surface area contributed by atoms with E-state index in [1.165, 1.54) is 44.9 Å². The van der Waals surface area contributed by atoms with Crippen LogP contribution in [0.2, 0.25) is 0 Å². The number of thiol groups is 1. The molecular weight excluding hydrogens is 206 g/mol. The van der Waals surface area contributed by atoms with Crippen LogP contribution >= 0.6 is 12.6 Å². The molecule has 0 amide bonds. The fraction of sp³-hybridized carbons (Fsp3) is 1.00. The summed E-state index contributed by atoms with van der Waals surface area (Å²) >= 11 is 4.20. The quantitative estimate of drug-likeness (QED) is 0.423. The number of hydrogen-bond acceptors (Lipinski definition) is 3. The molecule has 0 radical (unpaired) electrons. The fourth-order valence-electron chi connectivity index (χ4n) is 1.66. The van der Waals surface area contributed by atoms with Gasteiger partial charge >= 0.3 is 0 Å². The zero-order chi connectivity index (χ0) is 11.4. The lowest BCUT2D eigenvalue weighted by Gasteiger charge is -2.14. The van der Waals surface area contributed by atoms with E-state index in [1.807, 2.05) is 0 Å². The normalized spacial score (nSPS) is 11.2. The van der Waals surface area contributed by atoms with Gasteiger partial charge in [-0.1, -0.05) is 32.1 Å². The Morgan fingerprint density at radius 2 is 1.40 bits per heavy atom. The molecule has 0 spiro atoms. The number of hydrogen-bond donors (Lipinski definition) is 2. The van der Waals surface area contributed by atoms with Crippen LogP contribution in [0.4, 0.5) is 0 Å². The van der Waals surface area contributed by atoms with Crippen LogP contribution in [-0.4, -0.2) is 42.5 Å². The molecule has 0 aromatic rings. The van der Waals surface area contributed by atoms with Gasteiger partial charge in [0.05, 0.1) is 6.61 Å². The summed E-state index contributed by atoms with van der Waals surface area (Å²) < 4.78 is 0. The van der Waals surface area contributed by atoms with Gasteiger partial charge < -0.3 is 10.0 Å². The van der Waals surface area contributed by atoms with Crippen molar-refractivity contribution in [2.75, 3.05) is 32.5 Å². The highest BCUT2D eigenvalue weighted by Gasteiger charge is 1.96. The Labute approximate surface area is 100 Å². The van der Waals surface area contributed by atoms with Crippen molar-refractivity contribution >= 4 is 12.6 Å². The Balaban J connectivity index is 2.98. The lowest BCUT2D eigenvalue weighted by molar-refractivity contribution is 0.219. The maximum absolute atomic E-state index is 8.71. The van der Waals surface area contributed by atoms with Gasteiger partial charge in [-0.05, 0) is 32.2 Å². The van der Waals surface area contributed by atoms with E-state index in [-0.39, 0.29) is 6.61 Å². The maximum Gasteiger partial charge on any atom is 0.0558 e. The Morgan fingerprint density at radius 3 is 1.93 bits per heavy atom. The zero-order valence-electron chi connectivity index (χ0n) is 10.1. The fourth-order valence-corrected chi connectivity index (χ4v) is 1.88. The third-order valence-electron chi connectivity index (χ3n) is 2.68. The second-order valence-electron chi connectivity index (χ2n) is 4.23. The number of aliphatic hydroxyl groups excluding tert-OH is 1. The van der Waals surface area contributed by atoms with Crippen LogP contribution in [0, 0.1) is 0 Å². The lowest BCUT2D eigenvalue weighted by Crippen LogP contribution is -2.23. The highest BCUT2D eigenvalue weighted by molar-refractivity contribution is 7.80. The van der Waals surface area contributed by atoms with E-state index < -0.39 is 0 Å². The molecule has 0 aliphatic rings. The monoisotopic (exact) mass is 233 g/mol. The van der Waals surface area contributed by atoms with E-state index in [0.717, 1.165) is 18.8 Å². The molecule has 3 heteroatoms. The highest BCUT2D eigenvalue weighted by Crippen LogP contribution is 2.07. The summed E-state index contributed by atoms with van der Waals surface area (Å²) in [6, 6.07) is 0. The molecule has 0 unspecified atom stereocenters. The molecule has 1 N–H and O–H groups in total. The minimum absolute atomic E-state index is 0.278. The van der Waals surface area contributed by atoms with Crippen molar-refractivity contribution in [2.24, 2.45) is 0 Å². The first-order chi connectivity index (χ1) is 7.31. The van der Waals surface area contributed by atoms with Crippen LogP contribution in [0.5, 0.6) is 0 Å². The molecule has 0 saturated heterocycles. The summed E-state index contributed by atoms with van der Waals surface area (Å²) in [6.07, 6.45) is 9.31. The summed E-state index contributed by atoms with van der Waals surface area (Å²) in [7, 11) is 2.07. The molecule has 0 aromatic carbocycles. The molecule has 15 heavy (non-hydrogen) atoms. The minimum Gasteiger partial charge on any atom is -0.395 e. The second kappa shape index (κ2) is 12.3. The van der Waals surface area contributed by atoms with Crippen LogP contribution in [0.15, 0.2) is 0 Å². The SMILES string of the molecule is CN(CCO)CCCCCCCCCS. The van der Waals surface area contributed by atoms with E-state index in [9.17, 15) is 0 Å². The van der Waals surface area contributed by atoms with Gasteiger partial charge in [0.1, 0.15) is 0 Å². The predicted octanol–water partition coefficient (Wildman–Crippen LogP) is 2.57. The van der Waals surface area contributed by atoms with Crippen LogP contribution in [0.1, 0.15) is 44.9 Å². The van der Waals surface area contributed by atoms with Crippen LogP contribution in [0.25, 0.3) is 0 Å². The largest absolute Gasteiger partial charge is 0.395 e. The molecule has 0 heterocycles. The summed E-state index contributed by atoms with van der Waals surface area (Å²) in [5.74, 6) is 1.03. The average molecular weight is 233 g/mol. The number of rotatable bonds is 11. The van der Waals surface area contributed by atoms with E-state index in [0.29, 0.717) is 0 Å². The van der Waals surface area contributed by atoms with E-state index in [4.69, 9.17) is 5.11 Å². The third-order valence-corrected chi connectivity index (χ3v) is 3.00. The molecule has 0 aliphatic carbocycles. The average Bonchev–Trinajstić information content (AvgIpc) is 2.22. The number of nitrogens with zero attached hydrogens (tertiary/aromatic N) is 1. The molecule has 0 aromatic heterocycles. The molecule has 2 nitrogen and oxygen atoms in total. The van der Waals surface area contributed by atoms with Gasteiger partial charge in [-0.25, -0.2) is 0 Å². The van der Waals surface area contributed by atoms with Crippen LogP contribution < -0.4 is 0 Å². The summed E-state index contributed by atoms with van der Waals surface area (Å²) in [5, 5.41) is 8.71. The topological polar surface area (TPSA) is 23.5 Å². The first-order valence-corrected chi connectivity index (χ1v) is 6.84. The Morgan fingerprint density at radius 1 is 0.867 bits per heavy atom. The first kappa shape index (κ1) is 15.3. The third kappa shape index (κ3) is 12.2. The van der Waals surface area contributed by atoms with Crippen molar-refractivity contribution in [2.45, 2.75) is 44.9 Å². The Bertz CT molecular complexity index is 122. The van der Waals surface area contributed by atoms with E-state index in [2.05, 4.69) is 24.6 Å². The van der Waals surface area contributed by atoms with Gasteiger partial charge in [0, 0.05) is 6.54 Å². The molecule has 0 aliphatic heterocycles. The standard InChI is InChI=1S/C12H27NOS/c1-13(10-11-14)9-7-5-3-2-4-6-8-12-15/h14-15H,2-12H2,1H3. The first-order valence-electron chi connectivity index (χ1n) is 6.21. The van der Waals surface area contributed by atoms with Gasteiger partial charge in [-0.3, -0.25) is 0 Å². The van der Waals surface area contributed by atoms with Crippen molar-refractivity contribution in [1.29, 1.82) is 0 Å². The molecule has 0 fully saturated rings. The maximum atomic E-state index is 8.71. The number of unbranched alkanes of at least 4 members (excludes halogenated alkanes) is 6. The second-order valence-corrected chi connectivity index (χ2v) is 4.67. The summed E-state index contributed by atoms with van der Waals surface area (Å²) in [4.78, 5) is 2.20. The molecule has 92 valence electrons. The van der Waals surface area contributed by atoms with Crippen molar-refractivity contribution in [1.82, 2.24) is 4.90 Å². The van der Waals surface area contributed by atoms with Gasteiger partial charge in [0.15, 0.2) is 0 Å². The number of likely N-dealkylation sites (N-methyl/N-ethyl adjacent to an activating group) is 1. The van der Waals surface area contributed by atoms with Crippen molar-refractivity contribution in [3.05, 3.63) is 0 Å². The van der Waals surface area contributed by atoms with Gasteiger partial charge in [0.25, 0.3) is 0 Å². The van der Waals surface area contributed by atoms with E-state index in [1.54, 1.807) is 0 Å². The Kier molecular flexibility index (Phi) is 12.6. The molecule has 0 rings (SSSR count). The highest BCUT2D eigenvalue weighted by atomic mass is 32.1. The molecule has 0 saturated carbocycles. The van der Waals surface area contributed by atoms with Gasteiger partial charge in [-0.15, -0.1) is 0 Å². The van der Waals surface area contributed by atoms with E-state index >= 15 is 0 Å². The number of aliphatic hydroxyl groups is 1. The van der Waals surface area contributed by atoms with Crippen molar-refractivity contribution < 1.29 is 5.11 Å². The molecule has 0 atom stereocenters. The van der Waals surface area contributed by atoms with Crippen LogP contribution in [-0.2, 0) is 0 Å². The van der Waals surface area contributed by atoms with Gasteiger partial charge in [0.2, 0.25) is 0 Å². The van der Waals surface area contributed by atoms with Crippen molar-refractivity contribution in [3.63, 3.8) is 0 Å². The van der Waals surface area contributed by atoms with Crippen LogP contribution in [0.3, 0.4) is 0 Å². The summed E-state index contributed by atoms with van der Waals surface area (Å²) in [5.41, 5.74) is 0. The Hall–Kier alpha value is 0.270.